The molecule has 1 N–H and O–H groups in total. The van der Waals surface area contributed by atoms with Crippen molar-refractivity contribution >= 4 is 12.3 Å². The van der Waals surface area contributed by atoms with E-state index in [1.165, 1.54) is 0 Å². The smallest absolute Gasteiger partial charge is 0.223 e. The standard InChI is InChI=1S/C8H16N4.C2H7N/c1-7(2)12-5-9-8(10-6-12)11(3)4;1-3-2/h5,7H,6H2,1-4H3;3H,1-2H3. The number of hydrogen-bond donors (Lipinski definition) is 1. The van der Waals surface area contributed by atoms with Gasteiger partial charge in [0, 0.05) is 20.1 Å². The van der Waals surface area contributed by atoms with Gasteiger partial charge in [0.15, 0.2) is 0 Å². The predicted octanol–water partition coefficient (Wildman–Crippen LogP) is 0.449. The number of nitrogens with one attached hydrogen (secondary N) is 1. The van der Waals surface area contributed by atoms with E-state index in [1.807, 2.05) is 39.4 Å². The van der Waals surface area contributed by atoms with E-state index >= 15 is 0 Å². The first-order valence-electron chi connectivity index (χ1n) is 5.13. The van der Waals surface area contributed by atoms with Crippen molar-refractivity contribution in [3.05, 3.63) is 0 Å². The van der Waals surface area contributed by atoms with Crippen LogP contribution in [0.3, 0.4) is 0 Å². The van der Waals surface area contributed by atoms with Crippen molar-refractivity contribution in [2.24, 2.45) is 9.98 Å². The lowest BCUT2D eigenvalue weighted by Gasteiger charge is -2.26. The highest BCUT2D eigenvalue weighted by molar-refractivity contribution is 5.88. The summed E-state index contributed by atoms with van der Waals surface area (Å²) in [5.41, 5.74) is 0. The molecule has 0 fully saturated rings. The van der Waals surface area contributed by atoms with Gasteiger partial charge in [-0.3, -0.25) is 0 Å². The predicted molar refractivity (Wildman–Crippen MR) is 66.4 cm³/mol. The lowest BCUT2D eigenvalue weighted by molar-refractivity contribution is 0.363. The van der Waals surface area contributed by atoms with Gasteiger partial charge in [-0.15, -0.1) is 0 Å². The van der Waals surface area contributed by atoms with Crippen LogP contribution in [0.2, 0.25) is 0 Å². The van der Waals surface area contributed by atoms with Crippen LogP contribution >= 0.6 is 0 Å². The van der Waals surface area contributed by atoms with Crippen LogP contribution in [-0.2, 0) is 0 Å². The second-order valence-corrected chi connectivity index (χ2v) is 3.85. The number of rotatable bonds is 1. The maximum Gasteiger partial charge on any atom is 0.223 e. The Kier molecular flexibility index (Phi) is 6.70. The summed E-state index contributed by atoms with van der Waals surface area (Å²) >= 11 is 0. The lowest BCUT2D eigenvalue weighted by Crippen LogP contribution is -2.35. The molecule has 0 aromatic rings. The summed E-state index contributed by atoms with van der Waals surface area (Å²) in [6.07, 6.45) is 1.85. The third-order valence-electron chi connectivity index (χ3n) is 1.76. The Bertz CT molecular complexity index is 220. The molecule has 0 aromatic heterocycles. The summed E-state index contributed by atoms with van der Waals surface area (Å²) in [7, 11) is 7.64. The van der Waals surface area contributed by atoms with E-state index in [1.54, 1.807) is 0 Å². The van der Waals surface area contributed by atoms with Crippen molar-refractivity contribution in [2.45, 2.75) is 19.9 Å². The fourth-order valence-electron chi connectivity index (χ4n) is 0.902. The van der Waals surface area contributed by atoms with Crippen LogP contribution < -0.4 is 5.32 Å². The van der Waals surface area contributed by atoms with Crippen LogP contribution in [-0.4, -0.2) is 63.0 Å². The van der Waals surface area contributed by atoms with Gasteiger partial charge in [-0.1, -0.05) is 0 Å². The molecule has 0 saturated carbocycles. The molecule has 1 heterocycles. The molecule has 0 unspecified atom stereocenters. The Balaban J connectivity index is 0.000000583. The molecular weight excluding hydrogens is 190 g/mol. The molecule has 0 bridgehead atoms. The number of hydrogen-bond acceptors (Lipinski definition) is 5. The zero-order valence-electron chi connectivity index (χ0n) is 10.7. The number of aliphatic imine (C=N–C) groups is 2. The van der Waals surface area contributed by atoms with Crippen molar-refractivity contribution in [3.8, 4) is 0 Å². The minimum Gasteiger partial charge on any atom is -0.347 e. The molecule has 1 aliphatic rings. The minimum absolute atomic E-state index is 0.473. The van der Waals surface area contributed by atoms with Gasteiger partial charge in [0.1, 0.15) is 6.67 Å². The molecule has 0 aromatic carbocycles. The first-order valence-corrected chi connectivity index (χ1v) is 5.13. The molecule has 0 aliphatic carbocycles. The van der Waals surface area contributed by atoms with E-state index in [-0.39, 0.29) is 0 Å². The third-order valence-corrected chi connectivity index (χ3v) is 1.76. The number of guanidine groups is 1. The summed E-state index contributed by atoms with van der Waals surface area (Å²) < 4.78 is 0. The molecule has 5 nitrogen and oxygen atoms in total. The van der Waals surface area contributed by atoms with Gasteiger partial charge in [-0.25, -0.2) is 9.98 Å². The van der Waals surface area contributed by atoms with Crippen LogP contribution in [0.4, 0.5) is 0 Å². The maximum absolute atomic E-state index is 4.30. The average molecular weight is 213 g/mol. The molecule has 1 aliphatic heterocycles. The van der Waals surface area contributed by atoms with Crippen molar-refractivity contribution in [1.29, 1.82) is 0 Å². The molecule has 0 spiro atoms. The summed E-state index contributed by atoms with van der Waals surface area (Å²) in [6.45, 7) is 4.97. The van der Waals surface area contributed by atoms with Crippen LogP contribution in [0, 0.1) is 0 Å². The van der Waals surface area contributed by atoms with Gasteiger partial charge in [0.05, 0.1) is 6.34 Å². The molecule has 88 valence electrons. The molecule has 0 radical (unpaired) electrons. The van der Waals surface area contributed by atoms with Crippen LogP contribution in [0.25, 0.3) is 0 Å². The lowest BCUT2D eigenvalue weighted by atomic mass is 10.4. The van der Waals surface area contributed by atoms with E-state index in [0.717, 1.165) is 5.96 Å². The molecule has 15 heavy (non-hydrogen) atoms. The Hall–Kier alpha value is -1.10. The summed E-state index contributed by atoms with van der Waals surface area (Å²) in [5.74, 6) is 0.798. The highest BCUT2D eigenvalue weighted by Crippen LogP contribution is 2.01. The van der Waals surface area contributed by atoms with E-state index in [9.17, 15) is 0 Å². The highest BCUT2D eigenvalue weighted by atomic mass is 15.3. The van der Waals surface area contributed by atoms with Crippen molar-refractivity contribution in [3.63, 3.8) is 0 Å². The SMILES string of the molecule is CC(C)N1C=NC(N(C)C)=NC1.CNC. The molecular formula is C10H23N5. The van der Waals surface area contributed by atoms with E-state index in [0.29, 0.717) is 12.7 Å². The second kappa shape index (κ2) is 7.23. The van der Waals surface area contributed by atoms with Gasteiger partial charge >= 0.3 is 0 Å². The van der Waals surface area contributed by atoms with Crippen LogP contribution in [0.5, 0.6) is 0 Å². The fraction of sp³-hybridized carbons (Fsp3) is 0.800. The first-order chi connectivity index (χ1) is 7.02. The Morgan fingerprint density at radius 2 is 1.93 bits per heavy atom. The highest BCUT2D eigenvalue weighted by Gasteiger charge is 2.10. The Morgan fingerprint density at radius 3 is 2.20 bits per heavy atom. The summed E-state index contributed by atoms with van der Waals surface area (Å²) in [4.78, 5) is 12.5. The van der Waals surface area contributed by atoms with Gasteiger partial charge < -0.3 is 15.1 Å². The topological polar surface area (TPSA) is 43.2 Å². The monoisotopic (exact) mass is 213 g/mol. The van der Waals surface area contributed by atoms with E-state index in [4.69, 9.17) is 0 Å². The van der Waals surface area contributed by atoms with Crippen molar-refractivity contribution < 1.29 is 0 Å². The third kappa shape index (κ3) is 5.37. The first kappa shape index (κ1) is 13.9. The Labute approximate surface area is 92.9 Å². The quantitative estimate of drug-likeness (QED) is 0.688. The van der Waals surface area contributed by atoms with Crippen LogP contribution in [0.15, 0.2) is 9.98 Å². The normalized spacial score (nSPS) is 14.6. The van der Waals surface area contributed by atoms with Gasteiger partial charge in [0.25, 0.3) is 0 Å². The van der Waals surface area contributed by atoms with Gasteiger partial charge in [0.2, 0.25) is 5.96 Å². The molecule has 5 heteroatoms. The largest absolute Gasteiger partial charge is 0.347 e. The van der Waals surface area contributed by atoms with Gasteiger partial charge in [-0.05, 0) is 27.9 Å². The Morgan fingerprint density at radius 1 is 1.40 bits per heavy atom. The molecule has 1 rings (SSSR count). The molecule has 0 atom stereocenters. The van der Waals surface area contributed by atoms with Crippen LogP contribution in [0.1, 0.15) is 13.8 Å². The molecule has 0 amide bonds. The van der Waals surface area contributed by atoms with Crippen molar-refractivity contribution in [2.75, 3.05) is 34.9 Å². The van der Waals surface area contributed by atoms with Crippen molar-refractivity contribution in [1.82, 2.24) is 15.1 Å². The molecule has 0 saturated heterocycles. The number of nitrogens with zero attached hydrogens (tertiary/aromatic N) is 4. The van der Waals surface area contributed by atoms with E-state index < -0.39 is 0 Å². The zero-order chi connectivity index (χ0) is 11.8. The average Bonchev–Trinajstić information content (AvgIpc) is 2.19. The zero-order valence-corrected chi connectivity index (χ0v) is 10.7. The summed E-state index contributed by atoms with van der Waals surface area (Å²) in [6, 6.07) is 0.473. The minimum atomic E-state index is 0.473. The second-order valence-electron chi connectivity index (χ2n) is 3.85. The van der Waals surface area contributed by atoms with E-state index in [2.05, 4.69) is 34.0 Å². The summed E-state index contributed by atoms with van der Waals surface area (Å²) in [5, 5.41) is 2.75. The fourth-order valence-corrected chi connectivity index (χ4v) is 0.902. The maximum atomic E-state index is 4.30. The van der Waals surface area contributed by atoms with Gasteiger partial charge in [-0.2, -0.15) is 0 Å².